The fraction of sp³-hybridized carbons (Fsp3) is 0.500. The van der Waals surface area contributed by atoms with Gasteiger partial charge in [0.2, 0.25) is 5.96 Å². The smallest absolute Gasteiger partial charge is 0.208 e. The second kappa shape index (κ2) is 5.72. The van der Waals surface area contributed by atoms with E-state index in [0.29, 0.717) is 12.0 Å². The van der Waals surface area contributed by atoms with Gasteiger partial charge in [-0.3, -0.25) is 10.4 Å². The van der Waals surface area contributed by atoms with Crippen LogP contribution in [0.1, 0.15) is 11.8 Å². The molecule has 3 N–H and O–H groups in total. The van der Waals surface area contributed by atoms with E-state index < -0.39 is 0 Å². The number of hydrogen-bond donors (Lipinski definition) is 2. The lowest BCUT2D eigenvalue weighted by molar-refractivity contribution is 0.376. The van der Waals surface area contributed by atoms with E-state index in [1.807, 2.05) is 11.9 Å². The van der Waals surface area contributed by atoms with Crippen LogP contribution in [0.3, 0.4) is 0 Å². The van der Waals surface area contributed by atoms with Crippen molar-refractivity contribution in [3.63, 3.8) is 0 Å². The molecule has 0 aliphatic carbocycles. The SMILES string of the molecule is CN=C(NN)N(C)C(C)Cc1cccs1. The minimum Gasteiger partial charge on any atom is -0.342 e. The van der Waals surface area contributed by atoms with E-state index in [1.54, 1.807) is 18.4 Å². The monoisotopic (exact) mass is 226 g/mol. The summed E-state index contributed by atoms with van der Waals surface area (Å²) in [5.74, 6) is 6.08. The van der Waals surface area contributed by atoms with Crippen LogP contribution in [-0.2, 0) is 6.42 Å². The van der Waals surface area contributed by atoms with Gasteiger partial charge < -0.3 is 4.90 Å². The zero-order valence-corrected chi connectivity index (χ0v) is 10.2. The van der Waals surface area contributed by atoms with E-state index >= 15 is 0 Å². The molecule has 0 fully saturated rings. The fourth-order valence-corrected chi connectivity index (χ4v) is 2.22. The molecule has 5 heteroatoms. The number of aliphatic imine (C=N–C) groups is 1. The third kappa shape index (κ3) is 3.21. The number of likely N-dealkylation sites (N-methyl/N-ethyl adjacent to an activating group) is 1. The summed E-state index contributed by atoms with van der Waals surface area (Å²) in [5.41, 5.74) is 2.59. The zero-order valence-electron chi connectivity index (χ0n) is 9.40. The van der Waals surface area contributed by atoms with E-state index in [-0.39, 0.29) is 0 Å². The lowest BCUT2D eigenvalue weighted by atomic mass is 10.2. The van der Waals surface area contributed by atoms with Crippen LogP contribution in [0, 0.1) is 0 Å². The minimum atomic E-state index is 0.374. The molecule has 84 valence electrons. The van der Waals surface area contributed by atoms with Crippen LogP contribution in [0.2, 0.25) is 0 Å². The van der Waals surface area contributed by atoms with Gasteiger partial charge in [-0.2, -0.15) is 0 Å². The van der Waals surface area contributed by atoms with Crippen molar-refractivity contribution in [3.05, 3.63) is 22.4 Å². The molecule has 0 radical (unpaired) electrons. The molecule has 0 aliphatic heterocycles. The Bertz CT molecular complexity index is 307. The summed E-state index contributed by atoms with van der Waals surface area (Å²) >= 11 is 1.78. The highest BCUT2D eigenvalue weighted by molar-refractivity contribution is 7.09. The maximum atomic E-state index is 5.38. The Labute approximate surface area is 94.8 Å². The number of guanidine groups is 1. The van der Waals surface area contributed by atoms with Crippen LogP contribution in [-0.4, -0.2) is 31.0 Å². The lowest BCUT2D eigenvalue weighted by Crippen LogP contribution is -2.47. The summed E-state index contributed by atoms with van der Waals surface area (Å²) in [4.78, 5) is 7.48. The highest BCUT2D eigenvalue weighted by atomic mass is 32.1. The number of nitrogens with one attached hydrogen (secondary N) is 1. The molecule has 1 aromatic heterocycles. The number of hydrazine groups is 1. The van der Waals surface area contributed by atoms with Crippen molar-refractivity contribution in [2.24, 2.45) is 10.8 Å². The molecular weight excluding hydrogens is 208 g/mol. The van der Waals surface area contributed by atoms with Crippen molar-refractivity contribution in [2.45, 2.75) is 19.4 Å². The molecule has 0 bridgehead atoms. The molecule has 1 rings (SSSR count). The van der Waals surface area contributed by atoms with Crippen LogP contribution < -0.4 is 11.3 Å². The predicted octanol–water partition coefficient (Wildman–Crippen LogP) is 1.06. The summed E-state index contributed by atoms with van der Waals surface area (Å²) in [6.07, 6.45) is 1.01. The molecule has 0 saturated heterocycles. The number of nitrogens with zero attached hydrogens (tertiary/aromatic N) is 2. The van der Waals surface area contributed by atoms with E-state index in [0.717, 1.165) is 6.42 Å². The third-order valence-electron chi connectivity index (χ3n) is 2.41. The van der Waals surface area contributed by atoms with Gasteiger partial charge in [0, 0.05) is 31.4 Å². The Morgan fingerprint density at radius 1 is 1.73 bits per heavy atom. The van der Waals surface area contributed by atoms with Gasteiger partial charge in [-0.15, -0.1) is 11.3 Å². The first kappa shape index (κ1) is 12.0. The second-order valence-corrected chi connectivity index (χ2v) is 4.47. The van der Waals surface area contributed by atoms with Gasteiger partial charge in [-0.1, -0.05) is 6.07 Å². The topological polar surface area (TPSA) is 53.6 Å². The van der Waals surface area contributed by atoms with Crippen LogP contribution >= 0.6 is 11.3 Å². The highest BCUT2D eigenvalue weighted by Crippen LogP contribution is 2.13. The van der Waals surface area contributed by atoms with Gasteiger partial charge in [0.15, 0.2) is 0 Å². The van der Waals surface area contributed by atoms with Crippen molar-refractivity contribution in [1.29, 1.82) is 0 Å². The molecule has 0 saturated carbocycles. The summed E-state index contributed by atoms with van der Waals surface area (Å²) < 4.78 is 0. The summed E-state index contributed by atoms with van der Waals surface area (Å²) in [6.45, 7) is 2.15. The minimum absolute atomic E-state index is 0.374. The average Bonchev–Trinajstić information content (AvgIpc) is 2.72. The number of rotatable bonds is 3. The lowest BCUT2D eigenvalue weighted by Gasteiger charge is -2.26. The van der Waals surface area contributed by atoms with Crippen LogP contribution in [0.4, 0.5) is 0 Å². The molecular formula is C10H18N4S. The average molecular weight is 226 g/mol. The molecule has 1 heterocycles. The summed E-state index contributed by atoms with van der Waals surface area (Å²) in [7, 11) is 3.71. The Kier molecular flexibility index (Phi) is 4.58. The van der Waals surface area contributed by atoms with Crippen LogP contribution in [0.15, 0.2) is 22.5 Å². The highest BCUT2D eigenvalue weighted by Gasteiger charge is 2.13. The standard InChI is InChI=1S/C10H18N4S/c1-8(7-9-5-4-6-15-9)14(3)10(12-2)13-11/h4-6,8H,7,11H2,1-3H3,(H,12,13). The Hall–Kier alpha value is -1.07. The normalized spacial score (nSPS) is 13.7. The van der Waals surface area contributed by atoms with Crippen molar-refractivity contribution in [3.8, 4) is 0 Å². The van der Waals surface area contributed by atoms with E-state index in [4.69, 9.17) is 5.84 Å². The molecule has 0 aliphatic rings. The molecule has 0 spiro atoms. The van der Waals surface area contributed by atoms with Crippen LogP contribution in [0.5, 0.6) is 0 Å². The van der Waals surface area contributed by atoms with Crippen LogP contribution in [0.25, 0.3) is 0 Å². The summed E-state index contributed by atoms with van der Waals surface area (Å²) in [6, 6.07) is 4.59. The Balaban J connectivity index is 2.57. The maximum Gasteiger partial charge on any atom is 0.208 e. The first-order valence-corrected chi connectivity index (χ1v) is 5.75. The first-order chi connectivity index (χ1) is 7.19. The number of nitrogens with two attached hydrogens (primary N) is 1. The third-order valence-corrected chi connectivity index (χ3v) is 3.31. The Morgan fingerprint density at radius 3 is 2.93 bits per heavy atom. The van der Waals surface area contributed by atoms with E-state index in [9.17, 15) is 0 Å². The molecule has 1 atom stereocenters. The molecule has 4 nitrogen and oxygen atoms in total. The van der Waals surface area contributed by atoms with Gasteiger partial charge in [-0.05, 0) is 18.4 Å². The van der Waals surface area contributed by atoms with E-state index in [1.165, 1.54) is 4.88 Å². The summed E-state index contributed by atoms with van der Waals surface area (Å²) in [5, 5.41) is 2.10. The molecule has 1 aromatic rings. The predicted molar refractivity (Wildman–Crippen MR) is 65.9 cm³/mol. The maximum absolute atomic E-state index is 5.38. The van der Waals surface area contributed by atoms with Gasteiger partial charge >= 0.3 is 0 Å². The van der Waals surface area contributed by atoms with Gasteiger partial charge in [0.05, 0.1) is 0 Å². The molecule has 15 heavy (non-hydrogen) atoms. The van der Waals surface area contributed by atoms with Gasteiger partial charge in [0.1, 0.15) is 0 Å². The largest absolute Gasteiger partial charge is 0.342 e. The van der Waals surface area contributed by atoms with Gasteiger partial charge in [0.25, 0.3) is 0 Å². The fourth-order valence-electron chi connectivity index (χ4n) is 1.39. The zero-order chi connectivity index (χ0) is 11.3. The second-order valence-electron chi connectivity index (χ2n) is 3.43. The van der Waals surface area contributed by atoms with Crippen molar-refractivity contribution in [1.82, 2.24) is 10.3 Å². The molecule has 1 unspecified atom stereocenters. The van der Waals surface area contributed by atoms with Crippen molar-refractivity contribution >= 4 is 17.3 Å². The quantitative estimate of drug-likeness (QED) is 0.351. The van der Waals surface area contributed by atoms with Gasteiger partial charge in [-0.25, -0.2) is 5.84 Å². The van der Waals surface area contributed by atoms with E-state index in [2.05, 4.69) is 34.9 Å². The van der Waals surface area contributed by atoms with Crippen molar-refractivity contribution in [2.75, 3.05) is 14.1 Å². The number of thiophene rings is 1. The van der Waals surface area contributed by atoms with Crippen molar-refractivity contribution < 1.29 is 0 Å². The number of hydrogen-bond acceptors (Lipinski definition) is 3. The molecule has 0 aromatic carbocycles. The first-order valence-electron chi connectivity index (χ1n) is 4.87. The molecule has 0 amide bonds. The Morgan fingerprint density at radius 2 is 2.47 bits per heavy atom.